The van der Waals surface area contributed by atoms with Gasteiger partial charge in [-0.15, -0.1) is 23.2 Å². The van der Waals surface area contributed by atoms with Crippen molar-refractivity contribution in [2.75, 3.05) is 41.3 Å². The number of nitrogens with one attached hydrogen (secondary N) is 1. The van der Waals surface area contributed by atoms with Crippen LogP contribution in [0.25, 0.3) is 22.3 Å². The van der Waals surface area contributed by atoms with Crippen LogP contribution >= 0.6 is 23.2 Å². The van der Waals surface area contributed by atoms with Crippen LogP contribution in [0.4, 0.5) is 69.4 Å². The van der Waals surface area contributed by atoms with Crippen molar-refractivity contribution in [3.63, 3.8) is 0 Å². The Kier molecular flexibility index (Phi) is 19.6. The summed E-state index contributed by atoms with van der Waals surface area (Å²) in [5, 5.41) is 11.8. The van der Waals surface area contributed by atoms with Crippen LogP contribution in [-0.2, 0) is 51.9 Å². The molecule has 28 heteroatoms. The summed E-state index contributed by atoms with van der Waals surface area (Å²) >= 11 is 9.53. The molecule has 7 heterocycles. The minimum Gasteiger partial charge on any atom is -0.332 e. The molecule has 3 aliphatic rings. The Morgan fingerprint density at radius 1 is 0.588 bits per heavy atom. The summed E-state index contributed by atoms with van der Waals surface area (Å²) in [6, 6.07) is 2.52. The van der Waals surface area contributed by atoms with Gasteiger partial charge in [-0.3, -0.25) is 9.36 Å². The lowest BCUT2D eigenvalue weighted by Crippen LogP contribution is -2.45. The van der Waals surface area contributed by atoms with Gasteiger partial charge in [0.05, 0.1) is 46.0 Å². The molecule has 434 valence electrons. The molecule has 1 N–H and O–H groups in total. The Hall–Kier alpha value is -6.41. The molecule has 0 unspecified atom stereocenters. The summed E-state index contributed by atoms with van der Waals surface area (Å²) in [7, 11) is 3.52. The first-order chi connectivity index (χ1) is 37.7. The van der Waals surface area contributed by atoms with E-state index in [2.05, 4.69) is 35.5 Å². The first-order valence-electron chi connectivity index (χ1n) is 25.3. The first-order valence-corrected chi connectivity index (χ1v) is 26.4. The summed E-state index contributed by atoms with van der Waals surface area (Å²) in [5.74, 6) is 0.371. The Bertz CT molecular complexity index is 2920. The van der Waals surface area contributed by atoms with E-state index in [-0.39, 0.29) is 84.3 Å². The van der Waals surface area contributed by atoms with E-state index < -0.39 is 53.0 Å². The molecule has 0 aliphatic carbocycles. The minimum atomic E-state index is -4.97. The van der Waals surface area contributed by atoms with Gasteiger partial charge >= 0.3 is 30.7 Å². The van der Waals surface area contributed by atoms with Crippen molar-refractivity contribution in [1.82, 2.24) is 54.6 Å². The average Bonchev–Trinajstić information content (AvgIpc) is 4.29. The highest BCUT2D eigenvalue weighted by molar-refractivity contribution is 6.40. The van der Waals surface area contributed by atoms with Crippen molar-refractivity contribution in [2.45, 2.75) is 114 Å². The topological polar surface area (TPSA) is 129 Å². The van der Waals surface area contributed by atoms with Gasteiger partial charge in [-0.2, -0.15) is 62.9 Å². The fraction of sp³-hybridized carbons (Fsp3) is 0.481. The van der Waals surface area contributed by atoms with Crippen LogP contribution < -0.4 is 15.1 Å². The third-order valence-corrected chi connectivity index (χ3v) is 13.9. The molecule has 2 aromatic carbocycles. The molecule has 3 aliphatic heterocycles. The normalized spacial score (nSPS) is 18.7. The third kappa shape index (κ3) is 15.5. The van der Waals surface area contributed by atoms with Gasteiger partial charge in [0.1, 0.15) is 0 Å². The number of aromatic nitrogens is 8. The number of halogens is 14. The number of urea groups is 1. The molecule has 6 aromatic rings. The summed E-state index contributed by atoms with van der Waals surface area (Å²) in [6.45, 7) is 5.50. The van der Waals surface area contributed by atoms with Crippen molar-refractivity contribution in [3.8, 4) is 22.3 Å². The average molecular weight is 1180 g/mol. The number of carbonyl (C=O) groups is 1. The van der Waals surface area contributed by atoms with E-state index in [1.165, 1.54) is 0 Å². The summed E-state index contributed by atoms with van der Waals surface area (Å²) in [5.41, 5.74) is -2.89. The maximum Gasteiger partial charge on any atom is 0.416 e. The second-order valence-electron chi connectivity index (χ2n) is 19.5. The fourth-order valence-corrected chi connectivity index (χ4v) is 9.89. The number of hydrogen-bond acceptors (Lipinski definition) is 10. The molecule has 14 nitrogen and oxygen atoms in total. The second-order valence-corrected chi connectivity index (χ2v) is 20.3. The van der Waals surface area contributed by atoms with Crippen LogP contribution in [0.2, 0.25) is 0 Å². The van der Waals surface area contributed by atoms with E-state index in [0.29, 0.717) is 50.0 Å². The van der Waals surface area contributed by atoms with E-state index in [4.69, 9.17) is 23.2 Å². The van der Waals surface area contributed by atoms with Crippen LogP contribution in [-0.4, -0.2) is 111 Å². The Morgan fingerprint density at radius 3 is 1.32 bits per heavy atom. The standard InChI is InChI=1S/C28H31F6N7O.C23H24F6N6.CH2Cl2/c1-3-23-11-24(17-41(23)26(42)39-6-4-5-7-39)40(25-35-12-19(13-36-25)20-14-37-38(2)16-20)15-18-8-21(27(29,30)31)10-22(9-18)28(32,33)34;1-3-19-7-20(11-30-19)35(21-31-8-15(9-32-21)16-10-33-34(2)13-16)12-14-4-17(22(24,25)26)6-18(5-14)23(27,28)29;2-1-3/h8-10,12-14,16,23-24H,3-7,11,15,17H2,1-2H3;4-6,8-10,13,19-20,30H,3,7,11-12H2,1-2H3;1H2/t23-,24+;19-,20+;/m11./s1. The maximum atomic E-state index is 13.6. The van der Waals surface area contributed by atoms with Gasteiger partial charge in [-0.1, -0.05) is 13.8 Å². The number of rotatable bonds is 12. The zero-order chi connectivity index (χ0) is 58.3. The van der Waals surface area contributed by atoms with Crippen LogP contribution in [0, 0.1) is 0 Å². The quantitative estimate of drug-likeness (QED) is 0.0934. The highest BCUT2D eigenvalue weighted by Gasteiger charge is 2.42. The maximum absolute atomic E-state index is 13.6. The Labute approximate surface area is 463 Å². The number of benzene rings is 2. The second kappa shape index (κ2) is 25.6. The van der Waals surface area contributed by atoms with Crippen LogP contribution in [0.15, 0.2) is 86.0 Å². The molecular formula is C52H57Cl2F12N13O. The predicted octanol–water partition coefficient (Wildman–Crippen LogP) is 12.5. The molecule has 2 amide bonds. The van der Waals surface area contributed by atoms with E-state index in [1.54, 1.807) is 92.6 Å². The van der Waals surface area contributed by atoms with Crippen LogP contribution in [0.5, 0.6) is 0 Å². The lowest BCUT2D eigenvalue weighted by atomic mass is 10.0. The fourth-order valence-electron chi connectivity index (χ4n) is 9.89. The number of nitrogens with zero attached hydrogens (tertiary/aromatic N) is 12. The molecule has 0 radical (unpaired) electrons. The van der Waals surface area contributed by atoms with Gasteiger partial charge in [0.2, 0.25) is 11.9 Å². The number of hydrogen-bond donors (Lipinski definition) is 1. The van der Waals surface area contributed by atoms with Crippen molar-refractivity contribution in [1.29, 1.82) is 0 Å². The number of alkyl halides is 14. The molecule has 0 saturated carbocycles. The van der Waals surface area contributed by atoms with Gasteiger partial charge < -0.3 is 24.9 Å². The lowest BCUT2D eigenvalue weighted by molar-refractivity contribution is -0.144. The van der Waals surface area contributed by atoms with Crippen molar-refractivity contribution in [3.05, 3.63) is 119 Å². The molecule has 4 aromatic heterocycles. The van der Waals surface area contributed by atoms with Gasteiger partial charge in [-0.05, 0) is 86.1 Å². The predicted molar refractivity (Wildman–Crippen MR) is 276 cm³/mol. The minimum absolute atomic E-state index is 0.104. The number of carbonyl (C=O) groups excluding carboxylic acids is 1. The number of aryl methyl sites for hydroxylation is 2. The molecule has 80 heavy (non-hydrogen) atoms. The lowest BCUT2D eigenvalue weighted by Gasteiger charge is -2.31. The smallest absolute Gasteiger partial charge is 0.332 e. The largest absolute Gasteiger partial charge is 0.416 e. The van der Waals surface area contributed by atoms with Gasteiger partial charge in [-0.25, -0.2) is 24.7 Å². The van der Waals surface area contributed by atoms with Crippen molar-refractivity contribution in [2.24, 2.45) is 14.1 Å². The SMILES string of the molecule is CC[C@@H]1C[C@H](N(Cc2cc(C(F)(F)F)cc(C(F)(F)F)c2)c2ncc(-c3cnn(C)c3)cn2)CN1.CC[C@@H]1C[C@H](N(Cc2cc(C(F)(F)F)cc(C(F)(F)F)c2)c2ncc(-c3cnn(C)c3)cn2)CN1C(=O)N1CCCC1.ClCCl. The monoisotopic (exact) mass is 1180 g/mol. The summed E-state index contributed by atoms with van der Waals surface area (Å²) in [4.78, 5) is 37.9. The molecule has 0 spiro atoms. The summed E-state index contributed by atoms with van der Waals surface area (Å²) in [6.07, 6.45) is -2.28. The van der Waals surface area contributed by atoms with Crippen molar-refractivity contribution < 1.29 is 57.5 Å². The first kappa shape index (κ1) is 61.2. The van der Waals surface area contributed by atoms with Gasteiger partial charge in [0.25, 0.3) is 0 Å². The van der Waals surface area contributed by atoms with Crippen LogP contribution in [0.3, 0.4) is 0 Å². The van der Waals surface area contributed by atoms with Crippen LogP contribution in [0.1, 0.15) is 85.8 Å². The zero-order valence-electron chi connectivity index (χ0n) is 43.7. The van der Waals surface area contributed by atoms with E-state index in [1.807, 2.05) is 13.8 Å². The number of amides is 2. The molecule has 0 bridgehead atoms. The Morgan fingerprint density at radius 2 is 0.988 bits per heavy atom. The summed E-state index contributed by atoms with van der Waals surface area (Å²) < 4.78 is 165. The van der Waals surface area contributed by atoms with Gasteiger partial charge in [0, 0.05) is 131 Å². The zero-order valence-corrected chi connectivity index (χ0v) is 45.2. The van der Waals surface area contributed by atoms with E-state index in [0.717, 1.165) is 54.7 Å². The van der Waals surface area contributed by atoms with E-state index in [9.17, 15) is 57.5 Å². The molecular weight excluding hydrogens is 1120 g/mol. The molecule has 4 atom stereocenters. The highest BCUT2D eigenvalue weighted by Crippen LogP contribution is 2.40. The van der Waals surface area contributed by atoms with E-state index >= 15 is 0 Å². The van der Waals surface area contributed by atoms with Gasteiger partial charge in [0.15, 0.2) is 0 Å². The molecule has 9 rings (SSSR count). The molecule has 3 saturated heterocycles. The highest BCUT2D eigenvalue weighted by atomic mass is 35.5. The van der Waals surface area contributed by atoms with Crippen molar-refractivity contribution >= 4 is 41.1 Å². The molecule has 3 fully saturated rings. The third-order valence-electron chi connectivity index (χ3n) is 13.9. The number of anilines is 2. The number of likely N-dealkylation sites (tertiary alicyclic amines) is 2. The Balaban J connectivity index is 0.000000224.